The van der Waals surface area contributed by atoms with Gasteiger partial charge in [-0.3, -0.25) is 0 Å². The lowest BCUT2D eigenvalue weighted by Crippen LogP contribution is -2.20. The van der Waals surface area contributed by atoms with Gasteiger partial charge in [-0.15, -0.1) is 0 Å². The molecule has 3 heterocycles. The highest BCUT2D eigenvalue weighted by atomic mass is 16.4. The van der Waals surface area contributed by atoms with E-state index >= 15 is 0 Å². The van der Waals surface area contributed by atoms with Crippen LogP contribution in [0.2, 0.25) is 0 Å². The van der Waals surface area contributed by atoms with E-state index in [0.717, 1.165) is 16.6 Å². The van der Waals surface area contributed by atoms with Crippen LogP contribution < -0.4 is 5.32 Å². The van der Waals surface area contributed by atoms with Gasteiger partial charge in [-0.1, -0.05) is 0 Å². The minimum atomic E-state index is -0.643. The lowest BCUT2D eigenvalue weighted by atomic mass is 10.2. The molecule has 22 heavy (non-hydrogen) atoms. The number of aromatic nitrogens is 3. The van der Waals surface area contributed by atoms with Crippen LogP contribution in [0, 0.1) is 0 Å². The van der Waals surface area contributed by atoms with E-state index in [1.54, 1.807) is 18.4 Å². The molecule has 6 heteroatoms. The van der Waals surface area contributed by atoms with Crippen molar-refractivity contribution in [1.29, 1.82) is 0 Å². The van der Waals surface area contributed by atoms with Gasteiger partial charge < -0.3 is 14.8 Å². The second-order valence-corrected chi connectivity index (χ2v) is 5.60. The van der Waals surface area contributed by atoms with E-state index in [4.69, 9.17) is 4.42 Å². The molecule has 2 N–H and O–H groups in total. The molecule has 0 saturated carbocycles. The first-order valence-corrected chi connectivity index (χ1v) is 7.39. The van der Waals surface area contributed by atoms with Gasteiger partial charge in [-0.25, -0.2) is 9.67 Å². The summed E-state index contributed by atoms with van der Waals surface area (Å²) in [5.74, 6) is 0.569. The Hall–Kier alpha value is -2.18. The van der Waals surface area contributed by atoms with Crippen LogP contribution in [0.5, 0.6) is 0 Å². The van der Waals surface area contributed by atoms with Gasteiger partial charge in [0, 0.05) is 30.7 Å². The van der Waals surface area contributed by atoms with Gasteiger partial charge >= 0.3 is 0 Å². The maximum Gasteiger partial charge on any atom is 0.157 e. The maximum atomic E-state index is 9.94. The minimum Gasteiger partial charge on any atom is -0.467 e. The summed E-state index contributed by atoms with van der Waals surface area (Å²) in [5.41, 5.74) is 1.96. The van der Waals surface area contributed by atoms with Crippen LogP contribution >= 0.6 is 0 Å². The van der Waals surface area contributed by atoms with Crippen molar-refractivity contribution in [3.63, 3.8) is 0 Å². The number of nitrogens with one attached hydrogen (secondary N) is 1. The van der Waals surface area contributed by atoms with E-state index in [0.29, 0.717) is 18.8 Å². The van der Waals surface area contributed by atoms with Gasteiger partial charge in [0.2, 0.25) is 0 Å². The molecule has 0 aliphatic heterocycles. The molecular formula is C16H20N4O2. The normalized spacial score (nSPS) is 13.1. The van der Waals surface area contributed by atoms with Crippen LogP contribution in [0.3, 0.4) is 0 Å². The summed E-state index contributed by atoms with van der Waals surface area (Å²) in [6.45, 7) is 5.23. The van der Waals surface area contributed by atoms with Crippen LogP contribution in [0.25, 0.3) is 11.0 Å². The van der Waals surface area contributed by atoms with E-state index in [1.165, 1.54) is 0 Å². The van der Waals surface area contributed by atoms with Gasteiger partial charge in [0.1, 0.15) is 11.9 Å². The highest BCUT2D eigenvalue weighted by molar-refractivity contribution is 5.75. The fraction of sp³-hybridized carbons (Fsp3) is 0.375. The first kappa shape index (κ1) is 14.7. The third kappa shape index (κ3) is 3.03. The lowest BCUT2D eigenvalue weighted by molar-refractivity contribution is 0.147. The van der Waals surface area contributed by atoms with Crippen LogP contribution in [0.4, 0.5) is 0 Å². The zero-order valence-corrected chi connectivity index (χ0v) is 12.7. The summed E-state index contributed by atoms with van der Waals surface area (Å²) < 4.78 is 7.08. The summed E-state index contributed by atoms with van der Waals surface area (Å²) in [6, 6.07) is 5.89. The summed E-state index contributed by atoms with van der Waals surface area (Å²) in [6.07, 6.45) is 4.59. The molecule has 0 spiro atoms. The average Bonchev–Trinajstić information content (AvgIpc) is 3.16. The van der Waals surface area contributed by atoms with Crippen molar-refractivity contribution in [3.8, 4) is 0 Å². The average molecular weight is 300 g/mol. The standard InChI is InChI=1S/C16H20N4O2/c1-11(2)20-16-13(9-19-20)6-12(8-18-16)7-17-10-14(21)15-4-3-5-22-15/h3-6,8-9,11,14,17,21H,7,10H2,1-2H3. The van der Waals surface area contributed by atoms with Gasteiger partial charge in [0.05, 0.1) is 12.5 Å². The molecule has 1 atom stereocenters. The summed E-state index contributed by atoms with van der Waals surface area (Å²) in [4.78, 5) is 4.49. The molecule has 116 valence electrons. The number of hydrogen-bond donors (Lipinski definition) is 2. The maximum absolute atomic E-state index is 9.94. The number of aliphatic hydroxyl groups is 1. The second kappa shape index (κ2) is 6.29. The highest BCUT2D eigenvalue weighted by Gasteiger charge is 2.10. The Morgan fingerprint density at radius 2 is 2.23 bits per heavy atom. The Bertz CT molecular complexity index is 734. The molecule has 0 saturated heterocycles. The van der Waals surface area contributed by atoms with E-state index in [1.807, 2.05) is 17.1 Å². The Kier molecular flexibility index (Phi) is 4.22. The monoisotopic (exact) mass is 300 g/mol. The number of fused-ring (bicyclic) bond motifs is 1. The van der Waals surface area contributed by atoms with Crippen molar-refractivity contribution < 1.29 is 9.52 Å². The predicted octanol–water partition coefficient (Wildman–Crippen LogP) is 2.43. The van der Waals surface area contributed by atoms with Crippen LogP contribution in [-0.2, 0) is 6.54 Å². The van der Waals surface area contributed by atoms with E-state index in [9.17, 15) is 5.11 Å². The lowest BCUT2D eigenvalue weighted by Gasteiger charge is -2.10. The third-order valence-electron chi connectivity index (χ3n) is 3.52. The first-order chi connectivity index (χ1) is 10.6. The number of rotatable bonds is 6. The number of hydrogen-bond acceptors (Lipinski definition) is 5. The smallest absolute Gasteiger partial charge is 0.157 e. The van der Waals surface area contributed by atoms with Crippen molar-refractivity contribution in [2.45, 2.75) is 32.5 Å². The molecule has 0 aliphatic rings. The first-order valence-electron chi connectivity index (χ1n) is 7.39. The highest BCUT2D eigenvalue weighted by Crippen LogP contribution is 2.17. The summed E-state index contributed by atoms with van der Waals surface area (Å²) >= 11 is 0. The van der Waals surface area contributed by atoms with E-state index < -0.39 is 6.10 Å². The third-order valence-corrected chi connectivity index (χ3v) is 3.52. The minimum absolute atomic E-state index is 0.289. The van der Waals surface area contributed by atoms with Gasteiger partial charge in [-0.05, 0) is 37.6 Å². The quantitative estimate of drug-likeness (QED) is 0.731. The Balaban J connectivity index is 1.62. The number of nitrogens with zero attached hydrogens (tertiary/aromatic N) is 3. The molecule has 0 aliphatic carbocycles. The molecule has 0 fully saturated rings. The molecular weight excluding hydrogens is 280 g/mol. The van der Waals surface area contributed by atoms with Gasteiger partial charge in [-0.2, -0.15) is 5.10 Å². The molecule has 1 unspecified atom stereocenters. The Labute approximate surface area is 128 Å². The fourth-order valence-corrected chi connectivity index (χ4v) is 2.39. The predicted molar refractivity (Wildman–Crippen MR) is 83.3 cm³/mol. The second-order valence-electron chi connectivity index (χ2n) is 5.60. The molecule has 0 bridgehead atoms. The molecule has 0 aromatic carbocycles. The topological polar surface area (TPSA) is 76.1 Å². The molecule has 3 aromatic rings. The van der Waals surface area contributed by atoms with Crippen LogP contribution in [-0.4, -0.2) is 26.4 Å². The molecule has 3 rings (SSSR count). The Morgan fingerprint density at radius 3 is 2.95 bits per heavy atom. The molecule has 3 aromatic heterocycles. The van der Waals surface area contributed by atoms with Crippen molar-refractivity contribution in [1.82, 2.24) is 20.1 Å². The van der Waals surface area contributed by atoms with Gasteiger partial charge in [0.25, 0.3) is 0 Å². The largest absolute Gasteiger partial charge is 0.467 e. The van der Waals surface area contributed by atoms with Crippen molar-refractivity contribution in [2.75, 3.05) is 6.54 Å². The van der Waals surface area contributed by atoms with Crippen LogP contribution in [0.1, 0.15) is 37.3 Å². The Morgan fingerprint density at radius 1 is 1.36 bits per heavy atom. The number of furan rings is 1. The molecule has 0 radical (unpaired) electrons. The number of pyridine rings is 1. The van der Waals surface area contributed by atoms with Gasteiger partial charge in [0.15, 0.2) is 5.65 Å². The summed E-state index contributed by atoms with van der Waals surface area (Å²) in [7, 11) is 0. The van der Waals surface area contributed by atoms with Crippen molar-refractivity contribution in [3.05, 3.63) is 48.2 Å². The fourth-order valence-electron chi connectivity index (χ4n) is 2.39. The molecule has 0 amide bonds. The van der Waals surface area contributed by atoms with E-state index in [2.05, 4.69) is 35.3 Å². The zero-order valence-electron chi connectivity index (χ0n) is 12.7. The van der Waals surface area contributed by atoms with Crippen molar-refractivity contribution >= 4 is 11.0 Å². The SMILES string of the molecule is CC(C)n1ncc2cc(CNCC(O)c3ccco3)cnc21. The zero-order chi connectivity index (χ0) is 15.5. The number of aliphatic hydroxyl groups excluding tert-OH is 1. The van der Waals surface area contributed by atoms with E-state index in [-0.39, 0.29) is 6.04 Å². The summed E-state index contributed by atoms with van der Waals surface area (Å²) in [5, 5.41) is 18.5. The van der Waals surface area contributed by atoms with Crippen molar-refractivity contribution in [2.24, 2.45) is 0 Å². The van der Waals surface area contributed by atoms with Crippen LogP contribution in [0.15, 0.2) is 41.3 Å². The molecule has 6 nitrogen and oxygen atoms in total.